The standard InChI is InChI=1S/C20H18N2O4S/c1-27(24,25)12-6-7-15-18(8-12)26-10-16(20(15)23)19-14-5-3-2-4-13(14)17-9-21-11-22(17)19/h2-9,11,16,19-20,23H,10H2,1H3/t16-,19-,20+/m1/s1. The van der Waals surface area contributed by atoms with E-state index in [-0.39, 0.29) is 23.5 Å². The molecule has 3 atom stereocenters. The lowest BCUT2D eigenvalue weighted by Crippen LogP contribution is -2.33. The van der Waals surface area contributed by atoms with Crippen LogP contribution in [0.3, 0.4) is 0 Å². The largest absolute Gasteiger partial charge is 0.493 e. The van der Waals surface area contributed by atoms with Gasteiger partial charge in [0.25, 0.3) is 0 Å². The van der Waals surface area contributed by atoms with Crippen molar-refractivity contribution in [2.45, 2.75) is 17.0 Å². The Kier molecular flexibility index (Phi) is 3.47. The molecular formula is C20H18N2O4S. The summed E-state index contributed by atoms with van der Waals surface area (Å²) >= 11 is 0. The highest BCUT2D eigenvalue weighted by molar-refractivity contribution is 7.90. The van der Waals surface area contributed by atoms with Gasteiger partial charge in [0.05, 0.1) is 41.9 Å². The molecule has 27 heavy (non-hydrogen) atoms. The third-order valence-corrected chi connectivity index (χ3v) is 6.61. The van der Waals surface area contributed by atoms with Gasteiger partial charge < -0.3 is 14.4 Å². The summed E-state index contributed by atoms with van der Waals surface area (Å²) in [6, 6.07) is 12.7. The second-order valence-electron chi connectivity index (χ2n) is 7.11. The Morgan fingerprint density at radius 3 is 2.81 bits per heavy atom. The molecule has 0 radical (unpaired) electrons. The van der Waals surface area contributed by atoms with Crippen molar-refractivity contribution < 1.29 is 18.3 Å². The van der Waals surface area contributed by atoms with Crippen molar-refractivity contribution in [1.82, 2.24) is 9.55 Å². The summed E-state index contributed by atoms with van der Waals surface area (Å²) in [5.41, 5.74) is 3.90. The number of hydrogen-bond donors (Lipinski definition) is 1. The Bertz CT molecular complexity index is 1150. The lowest BCUT2D eigenvalue weighted by molar-refractivity contribution is 0.0310. The Labute approximate surface area is 157 Å². The number of hydrogen-bond acceptors (Lipinski definition) is 5. The monoisotopic (exact) mass is 382 g/mol. The van der Waals surface area contributed by atoms with Crippen LogP contribution in [0.25, 0.3) is 11.3 Å². The summed E-state index contributed by atoms with van der Waals surface area (Å²) < 4.78 is 31.6. The van der Waals surface area contributed by atoms with Crippen LogP contribution in [0.5, 0.6) is 5.75 Å². The van der Waals surface area contributed by atoms with E-state index in [2.05, 4.69) is 21.7 Å². The number of nitrogens with zero attached hydrogens (tertiary/aromatic N) is 2. The second kappa shape index (κ2) is 5.68. The van der Waals surface area contributed by atoms with Crippen molar-refractivity contribution in [3.8, 4) is 17.0 Å². The maximum atomic E-state index is 11.8. The van der Waals surface area contributed by atoms with Crippen molar-refractivity contribution >= 4 is 9.84 Å². The predicted molar refractivity (Wildman–Crippen MR) is 99.3 cm³/mol. The zero-order valence-corrected chi connectivity index (χ0v) is 15.4. The number of benzene rings is 2. The Morgan fingerprint density at radius 1 is 1.19 bits per heavy atom. The minimum Gasteiger partial charge on any atom is -0.493 e. The van der Waals surface area contributed by atoms with Crippen LogP contribution in [-0.4, -0.2) is 35.9 Å². The highest BCUT2D eigenvalue weighted by Crippen LogP contribution is 2.49. The van der Waals surface area contributed by atoms with Gasteiger partial charge in [-0.25, -0.2) is 13.4 Å². The Balaban J connectivity index is 1.57. The molecule has 2 aromatic carbocycles. The molecule has 3 heterocycles. The van der Waals surface area contributed by atoms with Gasteiger partial charge >= 0.3 is 0 Å². The summed E-state index contributed by atoms with van der Waals surface area (Å²) in [7, 11) is -3.33. The zero-order chi connectivity index (χ0) is 18.8. The van der Waals surface area contributed by atoms with E-state index in [1.807, 2.05) is 18.3 Å². The summed E-state index contributed by atoms with van der Waals surface area (Å²) in [5.74, 6) is 0.219. The normalized spacial score (nSPS) is 23.3. The predicted octanol–water partition coefficient (Wildman–Crippen LogP) is 2.60. The van der Waals surface area contributed by atoms with Gasteiger partial charge in [-0.15, -0.1) is 0 Å². The molecule has 0 amide bonds. The van der Waals surface area contributed by atoms with Gasteiger partial charge in [0.2, 0.25) is 0 Å². The van der Waals surface area contributed by atoms with E-state index in [0.29, 0.717) is 11.3 Å². The van der Waals surface area contributed by atoms with Crippen LogP contribution < -0.4 is 4.74 Å². The first-order valence-corrected chi connectivity index (χ1v) is 10.6. The third kappa shape index (κ3) is 2.42. The molecule has 7 heteroatoms. The highest BCUT2D eigenvalue weighted by Gasteiger charge is 2.41. The van der Waals surface area contributed by atoms with Gasteiger partial charge in [-0.1, -0.05) is 30.3 Å². The summed E-state index contributed by atoms with van der Waals surface area (Å²) in [6.45, 7) is 0.290. The summed E-state index contributed by atoms with van der Waals surface area (Å²) in [6.07, 6.45) is 4.01. The van der Waals surface area contributed by atoms with Crippen molar-refractivity contribution in [3.05, 3.63) is 66.1 Å². The quantitative estimate of drug-likeness (QED) is 0.737. The van der Waals surface area contributed by atoms with Gasteiger partial charge in [-0.05, 0) is 17.7 Å². The molecule has 138 valence electrons. The van der Waals surface area contributed by atoms with Crippen molar-refractivity contribution in [3.63, 3.8) is 0 Å². The van der Waals surface area contributed by atoms with Crippen LogP contribution in [-0.2, 0) is 9.84 Å². The number of rotatable bonds is 2. The van der Waals surface area contributed by atoms with Gasteiger partial charge in [-0.3, -0.25) is 0 Å². The number of fused-ring (bicyclic) bond motifs is 4. The molecule has 2 aliphatic heterocycles. The van der Waals surface area contributed by atoms with Gasteiger partial charge in [0.1, 0.15) is 5.75 Å². The minimum atomic E-state index is -3.33. The molecule has 0 bridgehead atoms. The maximum absolute atomic E-state index is 11.8. The van der Waals surface area contributed by atoms with Crippen LogP contribution in [0.15, 0.2) is 59.9 Å². The van der Waals surface area contributed by atoms with E-state index >= 15 is 0 Å². The minimum absolute atomic E-state index is 0.0866. The molecule has 0 aliphatic carbocycles. The number of aromatic nitrogens is 2. The average Bonchev–Trinajstić information content (AvgIpc) is 3.22. The fourth-order valence-electron chi connectivity index (χ4n) is 4.20. The SMILES string of the molecule is CS(=O)(=O)c1ccc2c(c1)OC[C@H]([C@H]1c3ccccc3-c3cncn31)[C@H]2O. The molecule has 1 N–H and O–H groups in total. The first-order chi connectivity index (χ1) is 12.9. The zero-order valence-electron chi connectivity index (χ0n) is 14.6. The molecule has 0 saturated heterocycles. The number of imidazole rings is 1. The molecule has 3 aromatic rings. The van der Waals surface area contributed by atoms with Crippen molar-refractivity contribution in [2.75, 3.05) is 12.9 Å². The lowest BCUT2D eigenvalue weighted by Gasteiger charge is -2.35. The summed E-state index contributed by atoms with van der Waals surface area (Å²) in [4.78, 5) is 4.46. The smallest absolute Gasteiger partial charge is 0.175 e. The molecule has 0 fully saturated rings. The topological polar surface area (TPSA) is 81.4 Å². The fourth-order valence-corrected chi connectivity index (χ4v) is 4.83. The second-order valence-corrected chi connectivity index (χ2v) is 9.13. The third-order valence-electron chi connectivity index (χ3n) is 5.50. The van der Waals surface area contributed by atoms with E-state index in [4.69, 9.17) is 4.74 Å². The molecule has 0 saturated carbocycles. The first-order valence-electron chi connectivity index (χ1n) is 8.71. The number of aliphatic hydroxyl groups excluding tert-OH is 1. The highest BCUT2D eigenvalue weighted by atomic mass is 32.2. The van der Waals surface area contributed by atoms with Gasteiger partial charge in [0.15, 0.2) is 9.84 Å². The molecule has 6 nitrogen and oxygen atoms in total. The molecular weight excluding hydrogens is 364 g/mol. The molecule has 2 aliphatic rings. The lowest BCUT2D eigenvalue weighted by atomic mass is 9.84. The number of aliphatic hydroxyl groups is 1. The van der Waals surface area contributed by atoms with Crippen molar-refractivity contribution in [2.24, 2.45) is 5.92 Å². The van der Waals surface area contributed by atoms with Crippen LogP contribution in [0.2, 0.25) is 0 Å². The molecule has 0 spiro atoms. The maximum Gasteiger partial charge on any atom is 0.175 e. The van der Waals surface area contributed by atoms with Crippen LogP contribution >= 0.6 is 0 Å². The van der Waals surface area contributed by atoms with E-state index < -0.39 is 15.9 Å². The average molecular weight is 382 g/mol. The fraction of sp³-hybridized carbons (Fsp3) is 0.250. The molecule has 5 rings (SSSR count). The van der Waals surface area contributed by atoms with Crippen LogP contribution in [0, 0.1) is 5.92 Å². The first kappa shape index (κ1) is 16.5. The molecule has 1 aromatic heterocycles. The van der Waals surface area contributed by atoms with E-state index in [1.165, 1.54) is 12.1 Å². The van der Waals surface area contributed by atoms with E-state index in [1.54, 1.807) is 12.4 Å². The van der Waals surface area contributed by atoms with Crippen LogP contribution in [0.1, 0.15) is 23.3 Å². The van der Waals surface area contributed by atoms with E-state index in [9.17, 15) is 13.5 Å². The number of ether oxygens (including phenoxy) is 1. The summed E-state index contributed by atoms with van der Waals surface area (Å²) in [5, 5.41) is 11.1. The van der Waals surface area contributed by atoms with Gasteiger partial charge in [0, 0.05) is 23.3 Å². The van der Waals surface area contributed by atoms with Crippen LogP contribution in [0.4, 0.5) is 0 Å². The van der Waals surface area contributed by atoms with Crippen molar-refractivity contribution in [1.29, 1.82) is 0 Å². The Morgan fingerprint density at radius 2 is 2.00 bits per heavy atom. The molecule has 0 unspecified atom stereocenters. The van der Waals surface area contributed by atoms with E-state index in [0.717, 1.165) is 23.1 Å². The number of sulfone groups is 1. The van der Waals surface area contributed by atoms with Gasteiger partial charge in [-0.2, -0.15) is 0 Å². The Hall–Kier alpha value is -2.64.